The lowest BCUT2D eigenvalue weighted by Crippen LogP contribution is -2.63. The highest BCUT2D eigenvalue weighted by Crippen LogP contribution is 2.23. The fourth-order valence-electron chi connectivity index (χ4n) is 2.04. The third kappa shape index (κ3) is 4.22. The summed E-state index contributed by atoms with van der Waals surface area (Å²) >= 11 is 0. The van der Waals surface area contributed by atoms with Gasteiger partial charge in [0, 0.05) is 0 Å². The van der Waals surface area contributed by atoms with E-state index < -0.39 is 73.9 Å². The highest BCUT2D eigenvalue weighted by Gasteiger charge is 2.49. The minimum Gasteiger partial charge on any atom is -0.394 e. The fraction of sp³-hybridized carbons (Fsp3) is 0.917. The van der Waals surface area contributed by atoms with Gasteiger partial charge >= 0.3 is 0 Å². The number of ketones is 1. The van der Waals surface area contributed by atoms with Crippen LogP contribution in [0.2, 0.25) is 0 Å². The molecule has 1 rings (SSSR count). The van der Waals surface area contributed by atoms with Gasteiger partial charge in [-0.3, -0.25) is 4.79 Å². The monoisotopic (exact) mass is 343 g/mol. The summed E-state index contributed by atoms with van der Waals surface area (Å²) in [7, 11) is 0. The lowest BCUT2D eigenvalue weighted by Gasteiger charge is -2.40. The average Bonchev–Trinajstić information content (AvgIpc) is 2.59. The van der Waals surface area contributed by atoms with E-state index in [0.29, 0.717) is 0 Å². The van der Waals surface area contributed by atoms with Crippen LogP contribution in [0.3, 0.4) is 0 Å². The molecule has 1 saturated heterocycles. The predicted molar refractivity (Wildman–Crippen MR) is 69.9 cm³/mol. The molecule has 1 fully saturated rings. The van der Waals surface area contributed by atoms with Crippen molar-refractivity contribution in [2.75, 3.05) is 13.2 Å². The van der Waals surface area contributed by atoms with E-state index in [1.54, 1.807) is 0 Å². The number of hydrogen-bond donors (Lipinski definition) is 9. The molecule has 136 valence electrons. The summed E-state index contributed by atoms with van der Waals surface area (Å²) in [4.78, 5) is 12.2. The second-order valence-electron chi connectivity index (χ2n) is 5.17. The minimum atomic E-state index is -3.07. The molecule has 1 unspecified atom stereocenters. The number of rotatable bonds is 7. The zero-order chi connectivity index (χ0) is 18.8. The SMILES string of the molecule is [2H]C1(C(=O)[C@H](O)[C@@H](O)[C@@H](O)[C@H](O)CO)O[C@H](CO)[C@@H](O)[C@H](O)[C@@H]1O. The standard InChI is InChI=1S/C12H22O11/c13-1-3(15)5(16)7(18)9(20)11(22)12-10(21)8(19)6(17)4(2-14)23-12/h3-10,12-21H,1-2H2/t3-,4-,5+,6-,7+,8+,9-,10+,12?/m1/s1/i12D. The smallest absolute Gasteiger partial charge is 0.195 e. The first-order valence-corrected chi connectivity index (χ1v) is 6.73. The number of carbonyl (C=O) groups excluding carboxylic acids is 1. The molecule has 0 spiro atoms. The van der Waals surface area contributed by atoms with Crippen LogP contribution in [0.1, 0.15) is 1.37 Å². The summed E-state index contributed by atoms with van der Waals surface area (Å²) in [5.74, 6) is -1.70. The molecule has 0 amide bonds. The highest BCUT2D eigenvalue weighted by molar-refractivity contribution is 5.88. The van der Waals surface area contributed by atoms with Crippen LogP contribution in [0, 0.1) is 0 Å². The Morgan fingerprint density at radius 2 is 1.57 bits per heavy atom. The summed E-state index contributed by atoms with van der Waals surface area (Å²) in [6, 6.07) is 0. The van der Waals surface area contributed by atoms with Crippen molar-refractivity contribution in [3.63, 3.8) is 0 Å². The summed E-state index contributed by atoms with van der Waals surface area (Å²) in [5.41, 5.74) is 0. The van der Waals surface area contributed by atoms with Crippen molar-refractivity contribution in [1.82, 2.24) is 0 Å². The summed E-state index contributed by atoms with van der Waals surface area (Å²) in [6.07, 6.45) is -19.9. The molecule has 0 saturated carbocycles. The first kappa shape index (κ1) is 18.6. The van der Waals surface area contributed by atoms with Crippen LogP contribution in [0.15, 0.2) is 0 Å². The molecule has 0 bridgehead atoms. The van der Waals surface area contributed by atoms with E-state index in [0.717, 1.165) is 0 Å². The first-order chi connectivity index (χ1) is 11.0. The average molecular weight is 343 g/mol. The maximum absolute atomic E-state index is 12.2. The zero-order valence-electron chi connectivity index (χ0n) is 12.9. The van der Waals surface area contributed by atoms with Crippen LogP contribution in [-0.4, -0.2) is 120 Å². The van der Waals surface area contributed by atoms with Crippen molar-refractivity contribution in [3.05, 3.63) is 0 Å². The van der Waals surface area contributed by atoms with Crippen LogP contribution in [0.25, 0.3) is 0 Å². The number of hydrogen-bond acceptors (Lipinski definition) is 11. The van der Waals surface area contributed by atoms with Crippen LogP contribution in [0.4, 0.5) is 0 Å². The summed E-state index contributed by atoms with van der Waals surface area (Å²) < 4.78 is 12.6. The Bertz CT molecular complexity index is 435. The van der Waals surface area contributed by atoms with Crippen molar-refractivity contribution in [2.24, 2.45) is 0 Å². The van der Waals surface area contributed by atoms with E-state index in [9.17, 15) is 40.5 Å². The quantitative estimate of drug-likeness (QED) is 0.212. The Labute approximate surface area is 132 Å². The Balaban J connectivity index is 3.02. The number of aliphatic hydroxyl groups is 9. The van der Waals surface area contributed by atoms with Crippen molar-refractivity contribution >= 4 is 5.78 Å². The van der Waals surface area contributed by atoms with Gasteiger partial charge in [-0.15, -0.1) is 0 Å². The van der Waals surface area contributed by atoms with Gasteiger partial charge in [0.05, 0.1) is 14.6 Å². The summed E-state index contributed by atoms with van der Waals surface area (Å²) in [6.45, 7) is -1.93. The Hall–Kier alpha value is -0.730. The number of Topliss-reactive ketones (excluding diaryl/α,β-unsaturated/α-hetero) is 1. The van der Waals surface area contributed by atoms with Gasteiger partial charge in [-0.25, -0.2) is 0 Å². The number of carbonyl (C=O) groups is 1. The van der Waals surface area contributed by atoms with Crippen molar-refractivity contribution in [2.45, 2.75) is 54.9 Å². The molecule has 0 aromatic rings. The molecular weight excluding hydrogens is 320 g/mol. The third-order valence-electron chi connectivity index (χ3n) is 3.55. The molecule has 0 aromatic carbocycles. The lowest BCUT2D eigenvalue weighted by atomic mass is 9.89. The van der Waals surface area contributed by atoms with Gasteiger partial charge in [0.2, 0.25) is 0 Å². The van der Waals surface area contributed by atoms with E-state index in [-0.39, 0.29) is 0 Å². The fourth-order valence-corrected chi connectivity index (χ4v) is 2.04. The molecular formula is C12H22O11. The van der Waals surface area contributed by atoms with Gasteiger partial charge in [0.25, 0.3) is 0 Å². The molecule has 1 aliphatic heterocycles. The maximum Gasteiger partial charge on any atom is 0.195 e. The Morgan fingerprint density at radius 1 is 1.00 bits per heavy atom. The third-order valence-corrected chi connectivity index (χ3v) is 3.55. The van der Waals surface area contributed by atoms with Crippen LogP contribution in [0.5, 0.6) is 0 Å². The molecule has 11 nitrogen and oxygen atoms in total. The molecule has 1 heterocycles. The lowest BCUT2D eigenvalue weighted by molar-refractivity contribution is -0.231. The number of aliphatic hydroxyl groups excluding tert-OH is 9. The van der Waals surface area contributed by atoms with Crippen molar-refractivity contribution < 1.29 is 56.9 Å². The van der Waals surface area contributed by atoms with Crippen molar-refractivity contribution in [1.29, 1.82) is 0 Å². The van der Waals surface area contributed by atoms with Crippen LogP contribution in [-0.2, 0) is 9.53 Å². The van der Waals surface area contributed by atoms with Crippen LogP contribution < -0.4 is 0 Å². The Morgan fingerprint density at radius 3 is 2.04 bits per heavy atom. The zero-order valence-corrected chi connectivity index (χ0v) is 11.9. The second kappa shape index (κ2) is 8.39. The topological polar surface area (TPSA) is 208 Å². The molecule has 11 heteroatoms. The van der Waals surface area contributed by atoms with E-state index in [2.05, 4.69) is 0 Å². The molecule has 0 aromatic heterocycles. The van der Waals surface area contributed by atoms with Gasteiger partial charge in [-0.2, -0.15) is 0 Å². The number of ether oxygens (including phenoxy) is 1. The largest absolute Gasteiger partial charge is 0.394 e. The van der Waals surface area contributed by atoms with Gasteiger partial charge in [0.15, 0.2) is 5.78 Å². The van der Waals surface area contributed by atoms with E-state index in [1.807, 2.05) is 0 Å². The molecule has 23 heavy (non-hydrogen) atoms. The van der Waals surface area contributed by atoms with Gasteiger partial charge in [-0.1, -0.05) is 0 Å². The Kier molecular flexibility index (Phi) is 6.79. The van der Waals surface area contributed by atoms with E-state index in [1.165, 1.54) is 0 Å². The summed E-state index contributed by atoms with van der Waals surface area (Å²) in [5, 5.41) is 84.8. The van der Waals surface area contributed by atoms with Crippen LogP contribution >= 0.6 is 0 Å². The minimum absolute atomic E-state index is 0.927. The molecule has 1 aliphatic rings. The first-order valence-electron chi connectivity index (χ1n) is 7.23. The predicted octanol–water partition coefficient (Wildman–Crippen LogP) is -6.17. The molecule has 9 N–H and O–H groups in total. The van der Waals surface area contributed by atoms with Gasteiger partial charge in [-0.05, 0) is 0 Å². The van der Waals surface area contributed by atoms with E-state index in [4.69, 9.17) is 16.3 Å². The van der Waals surface area contributed by atoms with E-state index >= 15 is 0 Å². The molecule has 0 radical (unpaired) electrons. The molecule has 9 atom stereocenters. The van der Waals surface area contributed by atoms with Gasteiger partial charge in [0.1, 0.15) is 54.9 Å². The van der Waals surface area contributed by atoms with Crippen molar-refractivity contribution in [3.8, 4) is 0 Å². The normalized spacial score (nSPS) is 40.8. The van der Waals surface area contributed by atoms with Gasteiger partial charge < -0.3 is 50.7 Å². The highest BCUT2D eigenvalue weighted by atomic mass is 16.5. The second-order valence-corrected chi connectivity index (χ2v) is 5.17. The maximum atomic E-state index is 12.2. The molecule has 0 aliphatic carbocycles.